The van der Waals surface area contributed by atoms with Crippen molar-refractivity contribution < 1.29 is 19.1 Å². The second-order valence-electron chi connectivity index (χ2n) is 6.76. The van der Waals surface area contributed by atoms with Gasteiger partial charge >= 0.3 is 0 Å². The lowest BCUT2D eigenvalue weighted by Gasteiger charge is -2.21. The molecule has 3 rings (SSSR count). The second-order valence-corrected chi connectivity index (χ2v) is 7.89. The molecule has 0 saturated heterocycles. The molecule has 6 nitrogen and oxygen atoms in total. The number of rotatable bonds is 5. The smallest absolute Gasteiger partial charge is 0.263 e. The molecule has 0 saturated carbocycles. The Balaban J connectivity index is 1.70. The van der Waals surface area contributed by atoms with Crippen LogP contribution in [0, 0.1) is 5.92 Å². The summed E-state index contributed by atoms with van der Waals surface area (Å²) in [7, 11) is 6.64. The van der Waals surface area contributed by atoms with Crippen molar-refractivity contribution in [2.75, 3.05) is 33.6 Å². The van der Waals surface area contributed by atoms with Crippen LogP contribution in [-0.2, 0) is 17.6 Å². The number of hydrogen-bond donors (Lipinski definition) is 1. The number of aryl methyl sites for hydroxylation is 1. The van der Waals surface area contributed by atoms with Crippen molar-refractivity contribution in [2.45, 2.75) is 19.3 Å². The van der Waals surface area contributed by atoms with Gasteiger partial charge in [-0.3, -0.25) is 9.59 Å². The molecule has 0 spiro atoms. The number of anilines is 1. The van der Waals surface area contributed by atoms with Crippen molar-refractivity contribution in [1.82, 2.24) is 4.90 Å². The van der Waals surface area contributed by atoms with Gasteiger partial charge in [0.15, 0.2) is 11.5 Å². The standard InChI is InChI=1S/C20H24N2O4S/c1-22(2)20(24)18-10-13-9-12(5-8-17(13)27-18)19(23)21-14-6-7-15(25-3)16(11-14)26-4/h6-7,10-12H,5,8-9H2,1-4H3,(H,21,23)/t12-/m1/s1. The molecule has 0 radical (unpaired) electrons. The van der Waals surface area contributed by atoms with Gasteiger partial charge in [0.05, 0.1) is 19.1 Å². The van der Waals surface area contributed by atoms with Gasteiger partial charge in [-0.1, -0.05) is 0 Å². The number of nitrogens with zero attached hydrogens (tertiary/aromatic N) is 1. The minimum atomic E-state index is -0.109. The lowest BCUT2D eigenvalue weighted by atomic mass is 9.87. The van der Waals surface area contributed by atoms with Crippen molar-refractivity contribution in [3.63, 3.8) is 0 Å². The number of carbonyl (C=O) groups excluding carboxylic acids is 2. The molecule has 1 heterocycles. The molecule has 1 N–H and O–H groups in total. The maximum atomic E-state index is 12.7. The summed E-state index contributed by atoms with van der Waals surface area (Å²) >= 11 is 1.55. The summed E-state index contributed by atoms with van der Waals surface area (Å²) in [5.41, 5.74) is 1.79. The summed E-state index contributed by atoms with van der Waals surface area (Å²) in [6, 6.07) is 7.26. The normalized spacial score (nSPS) is 15.6. The number of benzene rings is 1. The van der Waals surface area contributed by atoms with Gasteiger partial charge in [0.25, 0.3) is 5.91 Å². The van der Waals surface area contributed by atoms with Crippen LogP contribution in [0.25, 0.3) is 0 Å². The van der Waals surface area contributed by atoms with Crippen LogP contribution in [0.1, 0.15) is 26.5 Å². The molecule has 2 amide bonds. The van der Waals surface area contributed by atoms with Gasteiger partial charge in [-0.05, 0) is 43.0 Å². The van der Waals surface area contributed by atoms with Gasteiger partial charge < -0.3 is 19.7 Å². The fourth-order valence-electron chi connectivity index (χ4n) is 3.23. The Bertz CT molecular complexity index is 860. The van der Waals surface area contributed by atoms with Crippen LogP contribution in [0.5, 0.6) is 11.5 Å². The van der Waals surface area contributed by atoms with Crippen LogP contribution in [-0.4, -0.2) is 45.0 Å². The van der Waals surface area contributed by atoms with Crippen molar-refractivity contribution in [3.05, 3.63) is 39.6 Å². The van der Waals surface area contributed by atoms with Gasteiger partial charge in [0.1, 0.15) is 0 Å². The summed E-state index contributed by atoms with van der Waals surface area (Å²) in [5, 5.41) is 2.97. The topological polar surface area (TPSA) is 67.9 Å². The monoisotopic (exact) mass is 388 g/mol. The van der Waals surface area contributed by atoms with Crippen LogP contribution in [0.3, 0.4) is 0 Å². The van der Waals surface area contributed by atoms with Crippen LogP contribution < -0.4 is 14.8 Å². The molecule has 2 aromatic rings. The van der Waals surface area contributed by atoms with E-state index in [1.54, 1.807) is 62.8 Å². The predicted octanol–water partition coefficient (Wildman–Crippen LogP) is 3.21. The first-order valence-electron chi connectivity index (χ1n) is 8.79. The molecule has 1 atom stereocenters. The number of hydrogen-bond acceptors (Lipinski definition) is 5. The van der Waals surface area contributed by atoms with E-state index in [-0.39, 0.29) is 17.7 Å². The Labute approximate surface area is 163 Å². The van der Waals surface area contributed by atoms with E-state index in [4.69, 9.17) is 9.47 Å². The molecule has 0 unspecified atom stereocenters. The van der Waals surface area contributed by atoms with E-state index < -0.39 is 0 Å². The van der Waals surface area contributed by atoms with Crippen molar-refractivity contribution >= 4 is 28.8 Å². The third-order valence-corrected chi connectivity index (χ3v) is 5.95. The molecule has 7 heteroatoms. The van der Waals surface area contributed by atoms with E-state index in [0.717, 1.165) is 23.3 Å². The van der Waals surface area contributed by atoms with Crippen LogP contribution in [0.2, 0.25) is 0 Å². The van der Waals surface area contributed by atoms with Crippen molar-refractivity contribution in [1.29, 1.82) is 0 Å². The van der Waals surface area contributed by atoms with E-state index >= 15 is 0 Å². The average molecular weight is 388 g/mol. The molecule has 0 aliphatic heterocycles. The molecule has 1 aromatic carbocycles. The maximum absolute atomic E-state index is 12.7. The van der Waals surface area contributed by atoms with Gasteiger partial charge in [-0.25, -0.2) is 0 Å². The lowest BCUT2D eigenvalue weighted by molar-refractivity contribution is -0.120. The molecular weight excluding hydrogens is 364 g/mol. The largest absolute Gasteiger partial charge is 0.493 e. The van der Waals surface area contributed by atoms with Crippen molar-refractivity contribution in [2.24, 2.45) is 5.92 Å². The third kappa shape index (κ3) is 4.08. The van der Waals surface area contributed by atoms with E-state index in [1.165, 1.54) is 4.88 Å². The molecule has 1 aliphatic rings. The van der Waals surface area contributed by atoms with Crippen LogP contribution in [0.4, 0.5) is 5.69 Å². The number of amides is 2. The van der Waals surface area contributed by atoms with Crippen LogP contribution in [0.15, 0.2) is 24.3 Å². The minimum absolute atomic E-state index is 0.0143. The van der Waals surface area contributed by atoms with E-state index in [1.807, 2.05) is 6.07 Å². The Hall–Kier alpha value is -2.54. The molecule has 0 bridgehead atoms. The van der Waals surface area contributed by atoms with E-state index in [9.17, 15) is 9.59 Å². The zero-order valence-electron chi connectivity index (χ0n) is 16.0. The SMILES string of the molecule is COc1ccc(NC(=O)[C@@H]2CCc3sc(C(=O)N(C)C)cc3C2)cc1OC. The summed E-state index contributed by atoms with van der Waals surface area (Å²) in [6.07, 6.45) is 2.26. The zero-order chi connectivity index (χ0) is 19.6. The third-order valence-electron chi connectivity index (χ3n) is 4.72. The number of fused-ring (bicyclic) bond motifs is 1. The van der Waals surface area contributed by atoms with Crippen molar-refractivity contribution in [3.8, 4) is 11.5 Å². The predicted molar refractivity (Wildman–Crippen MR) is 106 cm³/mol. The highest BCUT2D eigenvalue weighted by molar-refractivity contribution is 7.14. The number of carbonyl (C=O) groups is 2. The molecule has 27 heavy (non-hydrogen) atoms. The highest BCUT2D eigenvalue weighted by Gasteiger charge is 2.28. The quantitative estimate of drug-likeness (QED) is 0.854. The number of thiophene rings is 1. The Morgan fingerprint density at radius 3 is 2.56 bits per heavy atom. The Kier molecular flexibility index (Phi) is 5.70. The maximum Gasteiger partial charge on any atom is 0.263 e. The van der Waals surface area contributed by atoms with Gasteiger partial charge in [0.2, 0.25) is 5.91 Å². The minimum Gasteiger partial charge on any atom is -0.493 e. The summed E-state index contributed by atoms with van der Waals surface area (Å²) in [4.78, 5) is 28.4. The summed E-state index contributed by atoms with van der Waals surface area (Å²) in [5.74, 6) is 1.09. The Morgan fingerprint density at radius 1 is 1.15 bits per heavy atom. The zero-order valence-corrected chi connectivity index (χ0v) is 16.8. The first kappa shape index (κ1) is 19.2. The van der Waals surface area contributed by atoms with Gasteiger partial charge in [0, 0.05) is 36.6 Å². The average Bonchev–Trinajstić information content (AvgIpc) is 3.10. The highest BCUT2D eigenvalue weighted by atomic mass is 32.1. The molecule has 0 fully saturated rings. The lowest BCUT2D eigenvalue weighted by Crippen LogP contribution is -2.27. The summed E-state index contributed by atoms with van der Waals surface area (Å²) < 4.78 is 10.5. The fourth-order valence-corrected chi connectivity index (χ4v) is 4.46. The number of methoxy groups -OCH3 is 2. The molecular formula is C20H24N2O4S. The molecule has 144 valence electrons. The second kappa shape index (κ2) is 8.00. The first-order valence-corrected chi connectivity index (χ1v) is 9.60. The van der Waals surface area contributed by atoms with Crippen LogP contribution >= 0.6 is 11.3 Å². The number of ether oxygens (including phenoxy) is 2. The van der Waals surface area contributed by atoms with Gasteiger partial charge in [-0.15, -0.1) is 11.3 Å². The van der Waals surface area contributed by atoms with E-state index in [2.05, 4.69) is 5.32 Å². The summed E-state index contributed by atoms with van der Waals surface area (Å²) in [6.45, 7) is 0. The fraction of sp³-hybridized carbons (Fsp3) is 0.400. The van der Waals surface area contributed by atoms with Gasteiger partial charge in [-0.2, -0.15) is 0 Å². The number of nitrogens with one attached hydrogen (secondary N) is 1. The van der Waals surface area contributed by atoms with E-state index in [0.29, 0.717) is 23.6 Å². The first-order chi connectivity index (χ1) is 12.9. The Morgan fingerprint density at radius 2 is 1.89 bits per heavy atom. The highest BCUT2D eigenvalue weighted by Crippen LogP contribution is 2.34. The molecule has 1 aliphatic carbocycles. The molecule has 1 aromatic heterocycles.